The minimum absolute atomic E-state index is 0.0704. The number of nitrogens with one attached hydrogen (secondary N) is 1. The summed E-state index contributed by atoms with van der Waals surface area (Å²) in [5, 5.41) is 3.13. The Morgan fingerprint density at radius 2 is 1.93 bits per heavy atom. The van der Waals surface area contributed by atoms with Crippen molar-refractivity contribution >= 4 is 34.1 Å². The van der Waals surface area contributed by atoms with E-state index < -0.39 is 17.6 Å². The van der Waals surface area contributed by atoms with E-state index in [9.17, 15) is 18.8 Å². The summed E-state index contributed by atoms with van der Waals surface area (Å²) >= 11 is 1.28. The molecule has 3 rings (SSSR count). The molecule has 1 aliphatic carbocycles. The molecule has 0 unspecified atom stereocenters. The Bertz CT molecular complexity index is 951. The van der Waals surface area contributed by atoms with Crippen molar-refractivity contribution in [2.75, 3.05) is 11.9 Å². The van der Waals surface area contributed by atoms with Crippen LogP contribution in [0.1, 0.15) is 56.8 Å². The third kappa shape index (κ3) is 4.64. The first-order chi connectivity index (χ1) is 13.8. The summed E-state index contributed by atoms with van der Waals surface area (Å²) in [7, 11) is 0. The molecule has 0 aliphatic heterocycles. The van der Waals surface area contributed by atoms with Crippen LogP contribution in [-0.2, 0) is 4.79 Å². The summed E-state index contributed by atoms with van der Waals surface area (Å²) in [5.41, 5.74) is 6.71. The predicted molar refractivity (Wildman–Crippen MR) is 111 cm³/mol. The van der Waals surface area contributed by atoms with E-state index in [1.54, 1.807) is 13.0 Å². The summed E-state index contributed by atoms with van der Waals surface area (Å²) in [4.78, 5) is 39.9. The maximum absolute atomic E-state index is 13.6. The lowest BCUT2D eigenvalue weighted by Gasteiger charge is -2.28. The van der Waals surface area contributed by atoms with E-state index in [-0.39, 0.29) is 24.1 Å². The second-order valence-corrected chi connectivity index (χ2v) is 8.51. The maximum Gasteiger partial charge on any atom is 0.254 e. The number of hydrogen-bond donors (Lipinski definition) is 2. The van der Waals surface area contributed by atoms with Gasteiger partial charge in [0.2, 0.25) is 5.91 Å². The number of amides is 3. The van der Waals surface area contributed by atoms with Gasteiger partial charge in [0.15, 0.2) is 0 Å². The Hall–Kier alpha value is -2.74. The minimum atomic E-state index is -0.606. The van der Waals surface area contributed by atoms with Gasteiger partial charge in [0, 0.05) is 16.5 Å². The molecular weight excluding hydrogens is 393 g/mol. The number of aryl methyl sites for hydroxylation is 1. The first-order valence-corrected chi connectivity index (χ1v) is 10.4. The Morgan fingerprint density at radius 3 is 2.55 bits per heavy atom. The van der Waals surface area contributed by atoms with Crippen molar-refractivity contribution in [3.8, 4) is 0 Å². The van der Waals surface area contributed by atoms with E-state index in [4.69, 9.17) is 5.73 Å². The van der Waals surface area contributed by atoms with Crippen LogP contribution in [0.4, 0.5) is 9.39 Å². The molecule has 8 heteroatoms. The first kappa shape index (κ1) is 21.0. The molecule has 0 spiro atoms. The molecule has 1 aromatic heterocycles. The zero-order valence-corrected chi connectivity index (χ0v) is 17.3. The molecule has 0 bridgehead atoms. The number of carbonyl (C=O) groups is 3. The molecule has 29 heavy (non-hydrogen) atoms. The van der Waals surface area contributed by atoms with Gasteiger partial charge in [-0.05, 0) is 50.5 Å². The Morgan fingerprint density at radius 1 is 1.24 bits per heavy atom. The van der Waals surface area contributed by atoms with E-state index in [0.717, 1.165) is 36.1 Å². The smallest absolute Gasteiger partial charge is 0.254 e. The van der Waals surface area contributed by atoms with Crippen LogP contribution in [0.15, 0.2) is 24.3 Å². The molecule has 3 amide bonds. The largest absolute Gasteiger partial charge is 0.365 e. The van der Waals surface area contributed by atoms with Crippen molar-refractivity contribution in [2.45, 2.75) is 45.6 Å². The zero-order valence-electron chi connectivity index (χ0n) is 16.5. The van der Waals surface area contributed by atoms with Gasteiger partial charge in [0.1, 0.15) is 17.4 Å². The van der Waals surface area contributed by atoms with Gasteiger partial charge in [0.25, 0.3) is 11.8 Å². The third-order valence-corrected chi connectivity index (χ3v) is 6.42. The number of thiophene rings is 1. The normalized spacial score (nSPS) is 14.0. The zero-order chi connectivity index (χ0) is 21.1. The molecule has 6 nitrogen and oxygen atoms in total. The molecule has 1 fully saturated rings. The number of carbonyl (C=O) groups excluding carboxylic acids is 3. The van der Waals surface area contributed by atoms with Crippen LogP contribution < -0.4 is 11.1 Å². The number of halogens is 1. The van der Waals surface area contributed by atoms with Crippen LogP contribution in [-0.4, -0.2) is 35.2 Å². The number of nitrogens with two attached hydrogens (primary N) is 1. The molecule has 0 radical (unpaired) electrons. The minimum Gasteiger partial charge on any atom is -0.365 e. The lowest BCUT2D eigenvalue weighted by molar-refractivity contribution is -0.117. The van der Waals surface area contributed by atoms with Gasteiger partial charge < -0.3 is 16.0 Å². The van der Waals surface area contributed by atoms with Crippen LogP contribution in [0.25, 0.3) is 0 Å². The third-order valence-electron chi connectivity index (χ3n) is 5.30. The monoisotopic (exact) mass is 417 g/mol. The summed E-state index contributed by atoms with van der Waals surface area (Å²) in [6.45, 7) is 3.45. The quantitative estimate of drug-likeness (QED) is 0.752. The van der Waals surface area contributed by atoms with Gasteiger partial charge in [-0.1, -0.05) is 18.9 Å². The Labute approximate surface area is 172 Å². The van der Waals surface area contributed by atoms with Crippen molar-refractivity contribution in [1.29, 1.82) is 0 Å². The fourth-order valence-electron chi connectivity index (χ4n) is 3.70. The molecule has 3 N–H and O–H groups in total. The summed E-state index contributed by atoms with van der Waals surface area (Å²) in [6, 6.07) is 5.41. The van der Waals surface area contributed by atoms with Crippen LogP contribution in [0.3, 0.4) is 0 Å². The maximum atomic E-state index is 13.6. The standard InChI is InChI=1S/C21H24FN3O3S/c1-12-13(2)29-20(18(12)19(23)27)24-17(26)11-25(16-8-3-4-9-16)21(28)14-6-5-7-15(22)10-14/h5-7,10,16H,3-4,8-9,11H2,1-2H3,(H2,23,27)(H,24,26). The summed E-state index contributed by atoms with van der Waals surface area (Å²) < 4.78 is 13.6. The number of benzene rings is 1. The van der Waals surface area contributed by atoms with Gasteiger partial charge >= 0.3 is 0 Å². The number of nitrogens with zero attached hydrogens (tertiary/aromatic N) is 1. The van der Waals surface area contributed by atoms with E-state index in [1.165, 1.54) is 34.4 Å². The predicted octanol–water partition coefficient (Wildman–Crippen LogP) is 3.63. The Kier molecular flexibility index (Phi) is 6.32. The lowest BCUT2D eigenvalue weighted by atomic mass is 10.1. The summed E-state index contributed by atoms with van der Waals surface area (Å²) in [5.74, 6) is -1.89. The van der Waals surface area contributed by atoms with Gasteiger partial charge in [-0.3, -0.25) is 14.4 Å². The topological polar surface area (TPSA) is 92.5 Å². The van der Waals surface area contributed by atoms with Crippen LogP contribution >= 0.6 is 11.3 Å². The highest BCUT2D eigenvalue weighted by atomic mass is 32.1. The average Bonchev–Trinajstić information content (AvgIpc) is 3.28. The number of rotatable bonds is 6. The number of hydrogen-bond acceptors (Lipinski definition) is 4. The van der Waals surface area contributed by atoms with Crippen molar-refractivity contribution in [3.05, 3.63) is 51.7 Å². The van der Waals surface area contributed by atoms with E-state index in [0.29, 0.717) is 10.6 Å². The fraction of sp³-hybridized carbons (Fsp3) is 0.381. The molecule has 0 atom stereocenters. The average molecular weight is 418 g/mol. The number of anilines is 1. The summed E-state index contributed by atoms with van der Waals surface area (Å²) in [6.07, 6.45) is 3.57. The van der Waals surface area contributed by atoms with Gasteiger partial charge in [-0.25, -0.2) is 4.39 Å². The van der Waals surface area contributed by atoms with Crippen molar-refractivity contribution in [3.63, 3.8) is 0 Å². The van der Waals surface area contributed by atoms with Gasteiger partial charge in [-0.2, -0.15) is 0 Å². The SMILES string of the molecule is Cc1sc(NC(=O)CN(C(=O)c2cccc(F)c2)C2CCCC2)c(C(N)=O)c1C. The van der Waals surface area contributed by atoms with Gasteiger partial charge in [-0.15, -0.1) is 11.3 Å². The van der Waals surface area contributed by atoms with Crippen LogP contribution in [0.5, 0.6) is 0 Å². The van der Waals surface area contributed by atoms with Crippen LogP contribution in [0, 0.1) is 19.7 Å². The second-order valence-electron chi connectivity index (χ2n) is 7.28. The molecule has 0 saturated heterocycles. The highest BCUT2D eigenvalue weighted by molar-refractivity contribution is 7.16. The lowest BCUT2D eigenvalue weighted by Crippen LogP contribution is -2.43. The van der Waals surface area contributed by atoms with E-state index in [1.807, 2.05) is 6.92 Å². The molecule has 1 heterocycles. The van der Waals surface area contributed by atoms with Gasteiger partial charge in [0.05, 0.1) is 5.56 Å². The molecule has 154 valence electrons. The Balaban J connectivity index is 1.81. The first-order valence-electron chi connectivity index (χ1n) is 9.54. The molecule has 1 aromatic carbocycles. The van der Waals surface area contributed by atoms with E-state index in [2.05, 4.69) is 5.32 Å². The molecule has 1 saturated carbocycles. The molecule has 1 aliphatic rings. The van der Waals surface area contributed by atoms with Crippen molar-refractivity contribution in [1.82, 2.24) is 4.90 Å². The highest BCUT2D eigenvalue weighted by Crippen LogP contribution is 2.32. The fourth-order valence-corrected chi connectivity index (χ4v) is 4.78. The van der Waals surface area contributed by atoms with Crippen molar-refractivity contribution < 1.29 is 18.8 Å². The number of primary amides is 1. The van der Waals surface area contributed by atoms with Crippen molar-refractivity contribution in [2.24, 2.45) is 5.73 Å². The second kappa shape index (κ2) is 8.73. The van der Waals surface area contributed by atoms with E-state index >= 15 is 0 Å². The molecule has 2 aromatic rings. The van der Waals surface area contributed by atoms with Crippen LogP contribution in [0.2, 0.25) is 0 Å². The molecular formula is C21H24FN3O3S. The highest BCUT2D eigenvalue weighted by Gasteiger charge is 2.30.